The number of nitrogens with one attached hydrogen (secondary N) is 1. The Hall–Kier alpha value is -1.26. The van der Waals surface area contributed by atoms with E-state index in [1.165, 1.54) is 0 Å². The van der Waals surface area contributed by atoms with Crippen molar-refractivity contribution < 1.29 is 14.2 Å². The number of hydrogen-bond donors (Lipinski definition) is 1. The highest BCUT2D eigenvalue weighted by Gasteiger charge is 2.20. The van der Waals surface area contributed by atoms with Crippen LogP contribution in [0.1, 0.15) is 11.8 Å². The van der Waals surface area contributed by atoms with Crippen LogP contribution in [0.5, 0.6) is 11.5 Å². The van der Waals surface area contributed by atoms with Crippen molar-refractivity contribution in [3.8, 4) is 11.5 Å². The highest BCUT2D eigenvalue weighted by atomic mass is 16.5. The zero-order valence-corrected chi connectivity index (χ0v) is 8.95. The zero-order valence-electron chi connectivity index (χ0n) is 8.95. The van der Waals surface area contributed by atoms with Gasteiger partial charge in [-0.3, -0.25) is 5.32 Å². The predicted octanol–water partition coefficient (Wildman–Crippen LogP) is 1.32. The molecule has 1 saturated heterocycles. The number of methoxy groups -OCH3 is 2. The summed E-state index contributed by atoms with van der Waals surface area (Å²) in [5.74, 6) is 1.57. The summed E-state index contributed by atoms with van der Waals surface area (Å²) in [5.41, 5.74) is 1.01. The van der Waals surface area contributed by atoms with Crippen LogP contribution in [0, 0.1) is 0 Å². The quantitative estimate of drug-likeness (QED) is 0.815. The van der Waals surface area contributed by atoms with Gasteiger partial charge < -0.3 is 14.2 Å². The van der Waals surface area contributed by atoms with Crippen LogP contribution in [0.15, 0.2) is 18.2 Å². The molecule has 1 N–H and O–H groups in total. The third-order valence-electron chi connectivity index (χ3n) is 2.44. The first kappa shape index (κ1) is 10.3. The van der Waals surface area contributed by atoms with Gasteiger partial charge in [0.05, 0.1) is 20.8 Å². The van der Waals surface area contributed by atoms with E-state index in [9.17, 15) is 0 Å². The third-order valence-corrected chi connectivity index (χ3v) is 2.44. The fourth-order valence-corrected chi connectivity index (χ4v) is 1.66. The molecule has 1 fully saturated rings. The minimum Gasteiger partial charge on any atom is -0.497 e. The molecule has 1 aliphatic rings. The second-order valence-corrected chi connectivity index (χ2v) is 3.31. The highest BCUT2D eigenvalue weighted by Crippen LogP contribution is 2.31. The summed E-state index contributed by atoms with van der Waals surface area (Å²) in [6, 6.07) is 5.72. The molecule has 0 bridgehead atoms. The molecular formula is C11H15NO3. The lowest BCUT2D eigenvalue weighted by molar-refractivity contribution is 0.0995. The molecule has 1 atom stereocenters. The van der Waals surface area contributed by atoms with Gasteiger partial charge in [-0.15, -0.1) is 0 Å². The van der Waals surface area contributed by atoms with Gasteiger partial charge in [-0.2, -0.15) is 0 Å². The molecule has 2 rings (SSSR count). The molecule has 0 radical (unpaired) electrons. The lowest BCUT2D eigenvalue weighted by Crippen LogP contribution is -2.14. The standard InChI is InChI=1S/C11H15NO3/c1-13-8-3-4-9(10(7-8)14-2)11-12-5-6-15-11/h3-4,7,11-12H,5-6H2,1-2H3/t11-/m0/s1. The smallest absolute Gasteiger partial charge is 0.138 e. The van der Waals surface area contributed by atoms with Crippen molar-refractivity contribution in [3.63, 3.8) is 0 Å². The van der Waals surface area contributed by atoms with Gasteiger partial charge in [-0.25, -0.2) is 0 Å². The predicted molar refractivity (Wildman–Crippen MR) is 56.2 cm³/mol. The van der Waals surface area contributed by atoms with E-state index < -0.39 is 0 Å². The summed E-state index contributed by atoms with van der Waals surface area (Å²) in [4.78, 5) is 0. The van der Waals surface area contributed by atoms with Gasteiger partial charge in [-0.05, 0) is 12.1 Å². The van der Waals surface area contributed by atoms with Crippen molar-refractivity contribution in [1.82, 2.24) is 5.32 Å². The Morgan fingerprint density at radius 2 is 2.20 bits per heavy atom. The maximum absolute atomic E-state index is 5.52. The maximum Gasteiger partial charge on any atom is 0.138 e. The van der Waals surface area contributed by atoms with E-state index in [0.29, 0.717) is 0 Å². The van der Waals surface area contributed by atoms with E-state index in [2.05, 4.69) is 5.32 Å². The van der Waals surface area contributed by atoms with Gasteiger partial charge in [0.2, 0.25) is 0 Å². The van der Waals surface area contributed by atoms with Gasteiger partial charge in [0.15, 0.2) is 0 Å². The highest BCUT2D eigenvalue weighted by molar-refractivity contribution is 5.42. The number of rotatable bonds is 3. The van der Waals surface area contributed by atoms with E-state index >= 15 is 0 Å². The minimum absolute atomic E-state index is 0.0640. The Morgan fingerprint density at radius 1 is 1.33 bits per heavy atom. The van der Waals surface area contributed by atoms with Crippen LogP contribution in [0.2, 0.25) is 0 Å². The van der Waals surface area contributed by atoms with Crippen LogP contribution in [-0.4, -0.2) is 27.4 Å². The van der Waals surface area contributed by atoms with Gasteiger partial charge in [0.25, 0.3) is 0 Å². The normalized spacial score (nSPS) is 20.3. The Balaban J connectivity index is 2.29. The Kier molecular flexibility index (Phi) is 3.08. The van der Waals surface area contributed by atoms with Crippen molar-refractivity contribution >= 4 is 0 Å². The molecule has 0 unspecified atom stereocenters. The van der Waals surface area contributed by atoms with Gasteiger partial charge in [0, 0.05) is 18.2 Å². The molecule has 0 amide bonds. The molecule has 4 nitrogen and oxygen atoms in total. The number of benzene rings is 1. The SMILES string of the molecule is COc1ccc([C@H]2NCCO2)c(OC)c1. The van der Waals surface area contributed by atoms with E-state index in [1.807, 2.05) is 18.2 Å². The second-order valence-electron chi connectivity index (χ2n) is 3.31. The van der Waals surface area contributed by atoms with E-state index in [-0.39, 0.29) is 6.23 Å². The first-order valence-corrected chi connectivity index (χ1v) is 4.92. The molecule has 1 aliphatic heterocycles. The second kappa shape index (κ2) is 4.51. The fourth-order valence-electron chi connectivity index (χ4n) is 1.66. The van der Waals surface area contributed by atoms with Crippen molar-refractivity contribution in [2.45, 2.75) is 6.23 Å². The maximum atomic E-state index is 5.52. The van der Waals surface area contributed by atoms with Crippen LogP contribution in [0.3, 0.4) is 0 Å². The van der Waals surface area contributed by atoms with Crippen LogP contribution in [0.4, 0.5) is 0 Å². The Morgan fingerprint density at radius 3 is 2.80 bits per heavy atom. The first-order valence-electron chi connectivity index (χ1n) is 4.92. The lowest BCUT2D eigenvalue weighted by Gasteiger charge is -2.15. The van der Waals surface area contributed by atoms with Crippen LogP contribution < -0.4 is 14.8 Å². The van der Waals surface area contributed by atoms with Gasteiger partial charge in [-0.1, -0.05) is 0 Å². The van der Waals surface area contributed by atoms with Crippen molar-refractivity contribution in [1.29, 1.82) is 0 Å². The van der Waals surface area contributed by atoms with E-state index in [0.717, 1.165) is 30.2 Å². The summed E-state index contributed by atoms with van der Waals surface area (Å²) >= 11 is 0. The molecule has 0 aliphatic carbocycles. The summed E-state index contributed by atoms with van der Waals surface area (Å²) < 4.78 is 16.0. The Bertz CT molecular complexity index is 335. The van der Waals surface area contributed by atoms with E-state index in [4.69, 9.17) is 14.2 Å². The number of ether oxygens (including phenoxy) is 3. The molecule has 0 aromatic heterocycles. The summed E-state index contributed by atoms with van der Waals surface area (Å²) in [5, 5.41) is 3.24. The molecule has 1 heterocycles. The van der Waals surface area contributed by atoms with Crippen molar-refractivity contribution in [2.75, 3.05) is 27.4 Å². The molecule has 0 spiro atoms. The van der Waals surface area contributed by atoms with Crippen molar-refractivity contribution in [3.05, 3.63) is 23.8 Å². The average molecular weight is 209 g/mol. The monoisotopic (exact) mass is 209 g/mol. The van der Waals surface area contributed by atoms with Crippen molar-refractivity contribution in [2.24, 2.45) is 0 Å². The minimum atomic E-state index is -0.0640. The van der Waals surface area contributed by atoms with E-state index in [1.54, 1.807) is 14.2 Å². The first-order chi connectivity index (χ1) is 7.35. The van der Waals surface area contributed by atoms with Gasteiger partial charge in [0.1, 0.15) is 17.7 Å². The lowest BCUT2D eigenvalue weighted by atomic mass is 10.1. The third kappa shape index (κ3) is 2.06. The molecule has 15 heavy (non-hydrogen) atoms. The largest absolute Gasteiger partial charge is 0.497 e. The average Bonchev–Trinajstić information content (AvgIpc) is 2.81. The summed E-state index contributed by atoms with van der Waals surface area (Å²) in [7, 11) is 3.28. The molecule has 4 heteroatoms. The molecule has 1 aromatic rings. The fraction of sp³-hybridized carbons (Fsp3) is 0.455. The zero-order chi connectivity index (χ0) is 10.7. The van der Waals surface area contributed by atoms with Gasteiger partial charge >= 0.3 is 0 Å². The van der Waals surface area contributed by atoms with Crippen LogP contribution in [-0.2, 0) is 4.74 Å². The molecular weight excluding hydrogens is 194 g/mol. The molecule has 0 saturated carbocycles. The topological polar surface area (TPSA) is 39.7 Å². The molecule has 82 valence electrons. The number of hydrogen-bond acceptors (Lipinski definition) is 4. The van der Waals surface area contributed by atoms with Crippen LogP contribution in [0.25, 0.3) is 0 Å². The molecule has 1 aromatic carbocycles. The van der Waals surface area contributed by atoms with Crippen LogP contribution >= 0.6 is 0 Å². The Labute approximate surface area is 89.1 Å². The summed E-state index contributed by atoms with van der Waals surface area (Å²) in [6.07, 6.45) is -0.0640. The summed E-state index contributed by atoms with van der Waals surface area (Å²) in [6.45, 7) is 1.61.